The number of methoxy groups -OCH3 is 1. The minimum absolute atomic E-state index is 0.618. The highest BCUT2D eigenvalue weighted by Crippen LogP contribution is 2.19. The highest BCUT2D eigenvalue weighted by molar-refractivity contribution is 5.47. The molecule has 2 aromatic rings. The van der Waals surface area contributed by atoms with E-state index in [9.17, 15) is 0 Å². The summed E-state index contributed by atoms with van der Waals surface area (Å²) in [5.74, 6) is 1.45. The normalized spacial score (nSPS) is 10.1. The van der Waals surface area contributed by atoms with Gasteiger partial charge in [0.15, 0.2) is 0 Å². The fraction of sp³-hybridized carbons (Fsp3) is 0.286. The van der Waals surface area contributed by atoms with Crippen molar-refractivity contribution in [3.8, 4) is 5.88 Å². The Morgan fingerprint density at radius 1 is 1.17 bits per heavy atom. The summed E-state index contributed by atoms with van der Waals surface area (Å²) in [6, 6.07) is 10.4. The van der Waals surface area contributed by atoms with Crippen LogP contribution in [0.5, 0.6) is 5.88 Å². The highest BCUT2D eigenvalue weighted by atomic mass is 16.5. The van der Waals surface area contributed by atoms with Crippen molar-refractivity contribution in [1.82, 2.24) is 9.97 Å². The SMILES string of the molecule is COc1ncnc(NCCc2ccccc2)c1C. The topological polar surface area (TPSA) is 47.0 Å². The molecule has 1 heterocycles. The van der Waals surface area contributed by atoms with Crippen LogP contribution in [0.4, 0.5) is 5.82 Å². The lowest BCUT2D eigenvalue weighted by Crippen LogP contribution is -2.08. The van der Waals surface area contributed by atoms with Gasteiger partial charge in [0.25, 0.3) is 0 Å². The zero-order chi connectivity index (χ0) is 12.8. The Bertz CT molecular complexity index is 500. The maximum atomic E-state index is 5.16. The van der Waals surface area contributed by atoms with Crippen molar-refractivity contribution in [3.63, 3.8) is 0 Å². The fourth-order valence-corrected chi connectivity index (χ4v) is 1.79. The van der Waals surface area contributed by atoms with Crippen LogP contribution >= 0.6 is 0 Å². The van der Waals surface area contributed by atoms with Gasteiger partial charge in [0.2, 0.25) is 5.88 Å². The van der Waals surface area contributed by atoms with E-state index in [-0.39, 0.29) is 0 Å². The van der Waals surface area contributed by atoms with Crippen molar-refractivity contribution in [2.45, 2.75) is 13.3 Å². The van der Waals surface area contributed by atoms with Crippen LogP contribution < -0.4 is 10.1 Å². The Hall–Kier alpha value is -2.10. The third-order valence-electron chi connectivity index (χ3n) is 2.78. The predicted octanol–water partition coefficient (Wildman–Crippen LogP) is 2.45. The molecule has 0 saturated carbocycles. The summed E-state index contributed by atoms with van der Waals surface area (Å²) in [5.41, 5.74) is 2.25. The van der Waals surface area contributed by atoms with E-state index in [2.05, 4.69) is 27.4 Å². The molecule has 4 nitrogen and oxygen atoms in total. The molecule has 0 bridgehead atoms. The Morgan fingerprint density at radius 3 is 2.67 bits per heavy atom. The van der Waals surface area contributed by atoms with Crippen LogP contribution in [0, 0.1) is 6.92 Å². The summed E-state index contributed by atoms with van der Waals surface area (Å²) in [6.07, 6.45) is 2.48. The molecule has 1 N–H and O–H groups in total. The largest absolute Gasteiger partial charge is 0.481 e. The van der Waals surface area contributed by atoms with Gasteiger partial charge in [-0.1, -0.05) is 30.3 Å². The molecule has 0 fully saturated rings. The van der Waals surface area contributed by atoms with Gasteiger partial charge in [0.05, 0.1) is 12.7 Å². The maximum absolute atomic E-state index is 5.16. The van der Waals surface area contributed by atoms with Gasteiger partial charge < -0.3 is 10.1 Å². The quantitative estimate of drug-likeness (QED) is 0.876. The van der Waals surface area contributed by atoms with Gasteiger partial charge in [-0.15, -0.1) is 0 Å². The van der Waals surface area contributed by atoms with Gasteiger partial charge in [0.1, 0.15) is 12.1 Å². The summed E-state index contributed by atoms with van der Waals surface area (Å²) in [6.45, 7) is 2.79. The van der Waals surface area contributed by atoms with Gasteiger partial charge in [-0.05, 0) is 18.9 Å². The Morgan fingerprint density at radius 2 is 1.94 bits per heavy atom. The van der Waals surface area contributed by atoms with E-state index in [0.717, 1.165) is 24.3 Å². The molecule has 94 valence electrons. The van der Waals surface area contributed by atoms with Crippen LogP contribution in [0.25, 0.3) is 0 Å². The molecule has 4 heteroatoms. The average molecular weight is 243 g/mol. The van der Waals surface area contributed by atoms with Crippen LogP contribution in [0.2, 0.25) is 0 Å². The molecule has 2 rings (SSSR count). The first-order valence-electron chi connectivity index (χ1n) is 5.94. The first kappa shape index (κ1) is 12.4. The molecule has 1 aromatic carbocycles. The molecular weight excluding hydrogens is 226 g/mol. The zero-order valence-corrected chi connectivity index (χ0v) is 10.7. The lowest BCUT2D eigenvalue weighted by atomic mass is 10.1. The number of ether oxygens (including phenoxy) is 1. The first-order valence-corrected chi connectivity index (χ1v) is 5.94. The molecule has 0 aliphatic rings. The highest BCUT2D eigenvalue weighted by Gasteiger charge is 2.06. The number of hydrogen-bond acceptors (Lipinski definition) is 4. The number of aromatic nitrogens is 2. The van der Waals surface area contributed by atoms with E-state index in [1.807, 2.05) is 25.1 Å². The van der Waals surface area contributed by atoms with Crippen molar-refractivity contribution < 1.29 is 4.74 Å². The van der Waals surface area contributed by atoms with E-state index < -0.39 is 0 Å². The Kier molecular flexibility index (Phi) is 4.12. The monoisotopic (exact) mass is 243 g/mol. The van der Waals surface area contributed by atoms with E-state index in [0.29, 0.717) is 5.88 Å². The molecule has 0 amide bonds. The van der Waals surface area contributed by atoms with Crippen LogP contribution in [-0.2, 0) is 6.42 Å². The van der Waals surface area contributed by atoms with E-state index in [1.165, 1.54) is 11.9 Å². The lowest BCUT2D eigenvalue weighted by Gasteiger charge is -2.10. The van der Waals surface area contributed by atoms with Crippen molar-refractivity contribution in [1.29, 1.82) is 0 Å². The Balaban J connectivity index is 1.95. The minimum atomic E-state index is 0.618. The molecule has 0 saturated heterocycles. The molecule has 0 aliphatic carbocycles. The van der Waals surface area contributed by atoms with Crippen molar-refractivity contribution in [2.75, 3.05) is 19.0 Å². The van der Waals surface area contributed by atoms with Gasteiger partial charge in [-0.2, -0.15) is 0 Å². The van der Waals surface area contributed by atoms with Crippen LogP contribution in [0.1, 0.15) is 11.1 Å². The maximum Gasteiger partial charge on any atom is 0.221 e. The van der Waals surface area contributed by atoms with Crippen LogP contribution in [-0.4, -0.2) is 23.6 Å². The van der Waals surface area contributed by atoms with Gasteiger partial charge in [-0.25, -0.2) is 9.97 Å². The standard InChI is InChI=1S/C14H17N3O/c1-11-13(16-10-17-14(11)18-2)15-9-8-12-6-4-3-5-7-12/h3-7,10H,8-9H2,1-2H3,(H,15,16,17). The molecular formula is C14H17N3O. The second kappa shape index (κ2) is 6.00. The molecule has 0 spiro atoms. The Labute approximate surface area is 107 Å². The van der Waals surface area contributed by atoms with Crippen molar-refractivity contribution in [3.05, 3.63) is 47.8 Å². The van der Waals surface area contributed by atoms with Crippen molar-refractivity contribution in [2.24, 2.45) is 0 Å². The number of rotatable bonds is 5. The minimum Gasteiger partial charge on any atom is -0.481 e. The summed E-state index contributed by atoms with van der Waals surface area (Å²) in [4.78, 5) is 8.27. The third kappa shape index (κ3) is 2.97. The summed E-state index contributed by atoms with van der Waals surface area (Å²) in [7, 11) is 1.61. The van der Waals surface area contributed by atoms with Crippen LogP contribution in [0.3, 0.4) is 0 Å². The molecule has 0 unspecified atom stereocenters. The molecule has 0 radical (unpaired) electrons. The molecule has 0 atom stereocenters. The number of hydrogen-bond donors (Lipinski definition) is 1. The second-order valence-electron chi connectivity index (χ2n) is 4.02. The van der Waals surface area contributed by atoms with E-state index in [4.69, 9.17) is 4.74 Å². The second-order valence-corrected chi connectivity index (χ2v) is 4.02. The predicted molar refractivity (Wildman–Crippen MR) is 72.0 cm³/mol. The summed E-state index contributed by atoms with van der Waals surface area (Å²) >= 11 is 0. The van der Waals surface area contributed by atoms with Gasteiger partial charge >= 0.3 is 0 Å². The third-order valence-corrected chi connectivity index (χ3v) is 2.78. The summed E-state index contributed by atoms with van der Waals surface area (Å²) in [5, 5.41) is 3.31. The molecule has 18 heavy (non-hydrogen) atoms. The number of benzene rings is 1. The van der Waals surface area contributed by atoms with E-state index >= 15 is 0 Å². The van der Waals surface area contributed by atoms with Crippen molar-refractivity contribution >= 4 is 5.82 Å². The zero-order valence-electron chi connectivity index (χ0n) is 10.7. The molecule has 1 aromatic heterocycles. The number of nitrogens with one attached hydrogen (secondary N) is 1. The lowest BCUT2D eigenvalue weighted by molar-refractivity contribution is 0.393. The van der Waals surface area contributed by atoms with Gasteiger partial charge in [-0.3, -0.25) is 0 Å². The van der Waals surface area contributed by atoms with Crippen LogP contribution in [0.15, 0.2) is 36.7 Å². The summed E-state index contributed by atoms with van der Waals surface area (Å²) < 4.78 is 5.16. The fourth-order valence-electron chi connectivity index (χ4n) is 1.79. The number of nitrogens with zero attached hydrogens (tertiary/aromatic N) is 2. The van der Waals surface area contributed by atoms with Gasteiger partial charge in [0, 0.05) is 6.54 Å². The van der Waals surface area contributed by atoms with E-state index in [1.54, 1.807) is 7.11 Å². The molecule has 0 aliphatic heterocycles. The smallest absolute Gasteiger partial charge is 0.221 e. The first-order chi connectivity index (χ1) is 8.81. The number of anilines is 1. The average Bonchev–Trinajstić information content (AvgIpc) is 2.42.